The van der Waals surface area contributed by atoms with Gasteiger partial charge in [0.1, 0.15) is 6.04 Å². The van der Waals surface area contributed by atoms with Crippen molar-refractivity contribution in [3.63, 3.8) is 0 Å². The second kappa shape index (κ2) is 7.48. The SMILES string of the molecule is O=C(N[C@H](Cc1ccc2ccccc2c1)C(=O)O)c1cnc2ccccc2c1. The van der Waals surface area contributed by atoms with Crippen LogP contribution in [0.25, 0.3) is 21.7 Å². The second-order valence-electron chi connectivity index (χ2n) is 6.67. The van der Waals surface area contributed by atoms with Gasteiger partial charge in [-0.3, -0.25) is 9.78 Å². The third kappa shape index (κ3) is 3.69. The molecule has 0 saturated carbocycles. The molecule has 4 aromatic rings. The minimum Gasteiger partial charge on any atom is -0.480 e. The molecule has 5 heteroatoms. The lowest BCUT2D eigenvalue weighted by Gasteiger charge is -2.15. The Kier molecular flexibility index (Phi) is 4.72. The van der Waals surface area contributed by atoms with Crippen LogP contribution in [-0.2, 0) is 11.2 Å². The Bertz CT molecular complexity index is 1190. The molecule has 1 heterocycles. The van der Waals surface area contributed by atoms with E-state index in [9.17, 15) is 14.7 Å². The predicted octanol–water partition coefficient (Wildman–Crippen LogP) is 3.81. The maximum Gasteiger partial charge on any atom is 0.326 e. The first-order valence-corrected chi connectivity index (χ1v) is 8.96. The average molecular weight is 370 g/mol. The highest BCUT2D eigenvalue weighted by atomic mass is 16.4. The number of carbonyl (C=O) groups is 2. The molecule has 2 N–H and O–H groups in total. The average Bonchev–Trinajstić information content (AvgIpc) is 2.72. The summed E-state index contributed by atoms with van der Waals surface area (Å²) in [6.45, 7) is 0. The molecule has 138 valence electrons. The first kappa shape index (κ1) is 17.7. The number of carboxylic acids is 1. The molecule has 5 nitrogen and oxygen atoms in total. The zero-order chi connectivity index (χ0) is 19.5. The number of rotatable bonds is 5. The maximum atomic E-state index is 12.6. The number of carboxylic acid groups (broad SMARTS) is 1. The Morgan fingerprint density at radius 1 is 0.893 bits per heavy atom. The summed E-state index contributed by atoms with van der Waals surface area (Å²) in [7, 11) is 0. The lowest BCUT2D eigenvalue weighted by atomic mass is 10.0. The molecule has 0 unspecified atom stereocenters. The molecular formula is C23H18N2O3. The van der Waals surface area contributed by atoms with Crippen molar-refractivity contribution < 1.29 is 14.7 Å². The molecule has 1 atom stereocenters. The highest BCUT2D eigenvalue weighted by Crippen LogP contribution is 2.17. The Labute approximate surface area is 161 Å². The molecule has 3 aromatic carbocycles. The van der Waals surface area contributed by atoms with E-state index in [0.717, 1.165) is 27.2 Å². The molecule has 0 aliphatic carbocycles. The molecular weight excluding hydrogens is 352 g/mol. The molecule has 0 radical (unpaired) electrons. The van der Waals surface area contributed by atoms with Gasteiger partial charge in [-0.2, -0.15) is 0 Å². The highest BCUT2D eigenvalue weighted by molar-refractivity contribution is 5.99. The van der Waals surface area contributed by atoms with Crippen molar-refractivity contribution in [2.45, 2.75) is 12.5 Å². The second-order valence-corrected chi connectivity index (χ2v) is 6.67. The molecule has 0 fully saturated rings. The standard InChI is InChI=1S/C23H18N2O3/c26-22(19-13-18-7-3-4-8-20(18)24-14-19)25-21(23(27)28)12-15-9-10-16-5-1-2-6-17(16)11-15/h1-11,13-14,21H,12H2,(H,25,26)(H,27,28)/t21-/m1/s1. The van der Waals surface area contributed by atoms with Crippen LogP contribution in [0, 0.1) is 0 Å². The monoisotopic (exact) mass is 370 g/mol. The summed E-state index contributed by atoms with van der Waals surface area (Å²) in [5, 5.41) is 15.2. The molecule has 0 bridgehead atoms. The number of nitrogens with one attached hydrogen (secondary N) is 1. The first-order valence-electron chi connectivity index (χ1n) is 8.96. The molecule has 0 aliphatic rings. The van der Waals surface area contributed by atoms with Crippen LogP contribution >= 0.6 is 0 Å². The number of hydrogen-bond acceptors (Lipinski definition) is 3. The van der Waals surface area contributed by atoms with E-state index in [4.69, 9.17) is 0 Å². The Morgan fingerprint density at radius 2 is 1.61 bits per heavy atom. The quantitative estimate of drug-likeness (QED) is 0.560. The van der Waals surface area contributed by atoms with E-state index >= 15 is 0 Å². The van der Waals surface area contributed by atoms with Gasteiger partial charge in [0.05, 0.1) is 11.1 Å². The van der Waals surface area contributed by atoms with Crippen molar-refractivity contribution in [1.29, 1.82) is 0 Å². The summed E-state index contributed by atoms with van der Waals surface area (Å²) in [6.07, 6.45) is 1.67. The summed E-state index contributed by atoms with van der Waals surface area (Å²) in [5.74, 6) is -1.53. The maximum absolute atomic E-state index is 12.6. The van der Waals surface area contributed by atoms with Crippen molar-refractivity contribution in [3.8, 4) is 0 Å². The van der Waals surface area contributed by atoms with Gasteiger partial charge in [-0.15, -0.1) is 0 Å². The number of amides is 1. The zero-order valence-electron chi connectivity index (χ0n) is 15.0. The third-order valence-electron chi connectivity index (χ3n) is 4.71. The van der Waals surface area contributed by atoms with Crippen molar-refractivity contribution in [2.75, 3.05) is 0 Å². The Hall–Kier alpha value is -3.73. The fraction of sp³-hybridized carbons (Fsp3) is 0.0870. The van der Waals surface area contributed by atoms with Gasteiger partial charge in [-0.1, -0.05) is 60.7 Å². The van der Waals surface area contributed by atoms with Gasteiger partial charge in [0.25, 0.3) is 5.91 Å². The fourth-order valence-corrected chi connectivity index (χ4v) is 3.24. The van der Waals surface area contributed by atoms with Crippen LogP contribution in [0.15, 0.2) is 79.0 Å². The van der Waals surface area contributed by atoms with Crippen LogP contribution in [0.1, 0.15) is 15.9 Å². The Balaban J connectivity index is 1.55. The number of benzene rings is 3. The highest BCUT2D eigenvalue weighted by Gasteiger charge is 2.21. The van der Waals surface area contributed by atoms with E-state index in [2.05, 4.69) is 10.3 Å². The van der Waals surface area contributed by atoms with E-state index in [-0.39, 0.29) is 6.42 Å². The summed E-state index contributed by atoms with van der Waals surface area (Å²) < 4.78 is 0. The van der Waals surface area contributed by atoms with E-state index in [1.807, 2.05) is 66.7 Å². The number of pyridine rings is 1. The summed E-state index contributed by atoms with van der Waals surface area (Å²) in [5.41, 5.74) is 1.97. The summed E-state index contributed by atoms with van der Waals surface area (Å²) in [4.78, 5) is 28.6. The molecule has 4 rings (SSSR count). The first-order chi connectivity index (χ1) is 13.6. The largest absolute Gasteiger partial charge is 0.480 e. The van der Waals surface area contributed by atoms with Crippen molar-refractivity contribution in [3.05, 3.63) is 90.1 Å². The van der Waals surface area contributed by atoms with Crippen LogP contribution in [-0.4, -0.2) is 28.0 Å². The zero-order valence-corrected chi connectivity index (χ0v) is 15.0. The van der Waals surface area contributed by atoms with E-state index in [1.165, 1.54) is 6.20 Å². The van der Waals surface area contributed by atoms with Crippen molar-refractivity contribution in [2.24, 2.45) is 0 Å². The van der Waals surface area contributed by atoms with Gasteiger partial charge in [0.15, 0.2) is 0 Å². The van der Waals surface area contributed by atoms with E-state index in [0.29, 0.717) is 5.56 Å². The van der Waals surface area contributed by atoms with Crippen LogP contribution in [0.2, 0.25) is 0 Å². The van der Waals surface area contributed by atoms with Crippen molar-refractivity contribution >= 4 is 33.6 Å². The van der Waals surface area contributed by atoms with Gasteiger partial charge in [0.2, 0.25) is 0 Å². The van der Waals surface area contributed by atoms with Gasteiger partial charge in [-0.05, 0) is 28.5 Å². The number of aromatic nitrogens is 1. The normalized spacial score (nSPS) is 12.0. The topological polar surface area (TPSA) is 79.3 Å². The fourth-order valence-electron chi connectivity index (χ4n) is 3.24. The van der Waals surface area contributed by atoms with Gasteiger partial charge in [-0.25, -0.2) is 4.79 Å². The predicted molar refractivity (Wildman–Crippen MR) is 108 cm³/mol. The molecule has 28 heavy (non-hydrogen) atoms. The molecule has 1 amide bonds. The van der Waals surface area contributed by atoms with Gasteiger partial charge >= 0.3 is 5.97 Å². The van der Waals surface area contributed by atoms with Gasteiger partial charge < -0.3 is 10.4 Å². The molecule has 0 spiro atoms. The number of hydrogen-bond donors (Lipinski definition) is 2. The smallest absolute Gasteiger partial charge is 0.326 e. The number of aliphatic carboxylic acids is 1. The minimum atomic E-state index is -1.07. The summed E-state index contributed by atoms with van der Waals surface area (Å²) >= 11 is 0. The minimum absolute atomic E-state index is 0.201. The summed E-state index contributed by atoms with van der Waals surface area (Å²) in [6, 6.07) is 21.8. The third-order valence-corrected chi connectivity index (χ3v) is 4.71. The van der Waals surface area contributed by atoms with Crippen molar-refractivity contribution in [1.82, 2.24) is 10.3 Å². The number of nitrogens with zero attached hydrogens (tertiary/aromatic N) is 1. The number of fused-ring (bicyclic) bond motifs is 2. The lowest BCUT2D eigenvalue weighted by molar-refractivity contribution is -0.139. The number of carbonyl (C=O) groups excluding carboxylic acids is 1. The van der Waals surface area contributed by atoms with Crippen LogP contribution in [0.3, 0.4) is 0 Å². The molecule has 0 saturated heterocycles. The lowest BCUT2D eigenvalue weighted by Crippen LogP contribution is -2.42. The molecule has 0 aliphatic heterocycles. The van der Waals surface area contributed by atoms with Gasteiger partial charge in [0, 0.05) is 18.0 Å². The molecule has 1 aromatic heterocycles. The Morgan fingerprint density at radius 3 is 2.39 bits per heavy atom. The van der Waals surface area contributed by atoms with Crippen LogP contribution in [0.5, 0.6) is 0 Å². The van der Waals surface area contributed by atoms with Crippen LogP contribution in [0.4, 0.5) is 0 Å². The van der Waals surface area contributed by atoms with Crippen LogP contribution < -0.4 is 5.32 Å². The number of para-hydroxylation sites is 1. The van der Waals surface area contributed by atoms with E-state index in [1.54, 1.807) is 6.07 Å². The van der Waals surface area contributed by atoms with E-state index < -0.39 is 17.9 Å².